The maximum absolute atomic E-state index is 14.6. The first-order valence-electron chi connectivity index (χ1n) is 12.0. The molecular weight excluding hydrogens is 551 g/mol. The van der Waals surface area contributed by atoms with Gasteiger partial charge in [-0.05, 0) is 87.8 Å². The molecule has 0 radical (unpaired) electrons. The number of aryl methyl sites for hydroxylation is 1. The Balaban J connectivity index is 1.77. The smallest absolute Gasteiger partial charge is 0.403 e. The summed E-state index contributed by atoms with van der Waals surface area (Å²) in [6.45, 7) is 17.0. The molecule has 0 aromatic heterocycles. The number of alkyl halides is 3. The van der Waals surface area contributed by atoms with Crippen molar-refractivity contribution in [2.24, 2.45) is 0 Å². The Kier molecular flexibility index (Phi) is 6.71. The Bertz CT molecular complexity index is 2020. The molecular formula is C32H13F5N4O. The van der Waals surface area contributed by atoms with Crippen LogP contribution in [0.25, 0.3) is 48.6 Å². The van der Waals surface area contributed by atoms with Gasteiger partial charge in [-0.15, -0.1) is 13.2 Å². The quantitative estimate of drug-likeness (QED) is 0.125. The first-order valence-corrected chi connectivity index (χ1v) is 12.0. The largest absolute Gasteiger partial charge is 0.573 e. The molecule has 0 bridgehead atoms. The predicted octanol–water partition coefficient (Wildman–Crippen LogP) is 9.11. The van der Waals surface area contributed by atoms with Crippen molar-refractivity contribution in [2.45, 2.75) is 13.3 Å². The van der Waals surface area contributed by atoms with E-state index in [1.807, 2.05) is 12.1 Å². The second-order valence-electron chi connectivity index (χ2n) is 9.19. The highest BCUT2D eigenvalue weighted by Gasteiger charge is 2.33. The number of halogens is 5. The number of rotatable bonds is 3. The van der Waals surface area contributed by atoms with Crippen LogP contribution in [-0.4, -0.2) is 6.36 Å². The van der Waals surface area contributed by atoms with Crippen LogP contribution in [0.1, 0.15) is 22.3 Å². The molecule has 5 rings (SSSR count). The molecule has 1 aliphatic rings. The summed E-state index contributed by atoms with van der Waals surface area (Å²) < 4.78 is 70.6. The van der Waals surface area contributed by atoms with Crippen molar-refractivity contribution in [1.82, 2.24) is 0 Å². The number of hydrogen-bond donors (Lipinski definition) is 0. The van der Waals surface area contributed by atoms with Crippen LogP contribution in [0.5, 0.6) is 5.75 Å². The molecule has 10 heteroatoms. The zero-order chi connectivity index (χ0) is 30.3. The molecule has 0 amide bonds. The standard InChI is InChI=1S/C32H13F5N4O/c1-16-4-5-18(9-26(16)33)21-12-25-23(13-28(21)40-2)22-8-19(14-38)20(11-24(22)31(25)29(15-39)41-3)17-6-7-30(27(34)10-17)42-32(35,36)37/h4-13H,1H3/b31-29-. The first-order chi connectivity index (χ1) is 20.0. The molecule has 0 spiro atoms. The van der Waals surface area contributed by atoms with Gasteiger partial charge in [-0.25, -0.2) is 23.7 Å². The number of nitriles is 2. The molecule has 42 heavy (non-hydrogen) atoms. The van der Waals surface area contributed by atoms with E-state index in [9.17, 15) is 32.5 Å². The van der Waals surface area contributed by atoms with Crippen LogP contribution in [0.15, 0.2) is 66.4 Å². The minimum atomic E-state index is -5.11. The monoisotopic (exact) mass is 564 g/mol. The molecule has 0 saturated heterocycles. The third-order valence-corrected chi connectivity index (χ3v) is 6.77. The van der Waals surface area contributed by atoms with Gasteiger partial charge in [-0.2, -0.15) is 5.26 Å². The van der Waals surface area contributed by atoms with Crippen molar-refractivity contribution in [3.63, 3.8) is 0 Å². The lowest BCUT2D eigenvalue weighted by molar-refractivity contribution is -0.275. The van der Waals surface area contributed by atoms with Gasteiger partial charge in [0.25, 0.3) is 5.70 Å². The van der Waals surface area contributed by atoms with E-state index in [0.29, 0.717) is 38.9 Å². The fourth-order valence-electron chi connectivity index (χ4n) is 4.88. The van der Waals surface area contributed by atoms with Gasteiger partial charge in [-0.1, -0.05) is 24.3 Å². The molecule has 5 nitrogen and oxygen atoms in total. The molecule has 0 atom stereocenters. The summed E-state index contributed by atoms with van der Waals surface area (Å²) in [4.78, 5) is 6.96. The Hall–Kier alpha value is -5.97. The molecule has 4 aromatic carbocycles. The third kappa shape index (κ3) is 4.68. The summed E-state index contributed by atoms with van der Waals surface area (Å²) in [6.07, 6.45) is -5.11. The lowest BCUT2D eigenvalue weighted by Gasteiger charge is -2.13. The van der Waals surface area contributed by atoms with Crippen LogP contribution in [-0.2, 0) is 0 Å². The Morgan fingerprint density at radius 1 is 0.786 bits per heavy atom. The molecule has 0 saturated carbocycles. The Labute approximate surface area is 236 Å². The fraction of sp³-hybridized carbons (Fsp3) is 0.0625. The van der Waals surface area contributed by atoms with E-state index < -0.39 is 23.7 Å². The van der Waals surface area contributed by atoms with Gasteiger partial charge in [0.2, 0.25) is 0 Å². The van der Waals surface area contributed by atoms with Gasteiger partial charge < -0.3 is 4.74 Å². The number of allylic oxidation sites excluding steroid dienone is 1. The van der Waals surface area contributed by atoms with Crippen molar-refractivity contribution in [2.75, 3.05) is 0 Å². The van der Waals surface area contributed by atoms with Gasteiger partial charge in [0.15, 0.2) is 17.3 Å². The van der Waals surface area contributed by atoms with Crippen molar-refractivity contribution in [1.29, 1.82) is 10.5 Å². The predicted molar refractivity (Wildman–Crippen MR) is 143 cm³/mol. The fourth-order valence-corrected chi connectivity index (χ4v) is 4.88. The number of benzene rings is 4. The van der Waals surface area contributed by atoms with Gasteiger partial charge in [0.05, 0.1) is 30.8 Å². The molecule has 1 aliphatic carbocycles. The van der Waals surface area contributed by atoms with Crippen molar-refractivity contribution < 1.29 is 26.7 Å². The van der Waals surface area contributed by atoms with Gasteiger partial charge in [-0.3, -0.25) is 0 Å². The van der Waals surface area contributed by atoms with Crippen molar-refractivity contribution in [3.05, 3.63) is 123 Å². The lowest BCUT2D eigenvalue weighted by atomic mass is 9.92. The molecule has 202 valence electrons. The van der Waals surface area contributed by atoms with Crippen LogP contribution in [0.3, 0.4) is 0 Å². The average molecular weight is 564 g/mol. The highest BCUT2D eigenvalue weighted by molar-refractivity contribution is 6.07. The number of hydrogen-bond acceptors (Lipinski definition) is 3. The Morgan fingerprint density at radius 2 is 1.40 bits per heavy atom. The van der Waals surface area contributed by atoms with Crippen molar-refractivity contribution >= 4 is 11.3 Å². The zero-order valence-electron chi connectivity index (χ0n) is 21.4. The van der Waals surface area contributed by atoms with Crippen LogP contribution in [0.4, 0.5) is 27.6 Å². The summed E-state index contributed by atoms with van der Waals surface area (Å²) >= 11 is 0. The zero-order valence-corrected chi connectivity index (χ0v) is 21.4. The van der Waals surface area contributed by atoms with Gasteiger partial charge >= 0.3 is 6.36 Å². The second kappa shape index (κ2) is 10.2. The highest BCUT2D eigenvalue weighted by atomic mass is 19.4. The van der Waals surface area contributed by atoms with Gasteiger partial charge in [0, 0.05) is 11.1 Å². The van der Waals surface area contributed by atoms with Crippen LogP contribution >= 0.6 is 0 Å². The normalized spacial score (nSPS) is 12.7. The summed E-state index contributed by atoms with van der Waals surface area (Å²) in [5.74, 6) is -2.85. The molecule has 0 N–H and O–H groups in total. The minimum Gasteiger partial charge on any atom is -0.403 e. The highest BCUT2D eigenvalue weighted by Crippen LogP contribution is 2.51. The van der Waals surface area contributed by atoms with Crippen LogP contribution in [0.2, 0.25) is 0 Å². The van der Waals surface area contributed by atoms with E-state index in [2.05, 4.69) is 14.4 Å². The van der Waals surface area contributed by atoms with E-state index in [1.165, 1.54) is 24.3 Å². The van der Waals surface area contributed by atoms with E-state index in [1.54, 1.807) is 25.1 Å². The van der Waals surface area contributed by atoms with Crippen LogP contribution < -0.4 is 4.74 Å². The molecule has 4 aromatic rings. The number of nitrogens with zero attached hydrogens (tertiary/aromatic N) is 4. The SMILES string of the molecule is [C-]#[N+]/C(C#N)=C1/c2cc(-c3ccc(OC(F)(F)F)c(F)c3)c(C#N)cc2-c2cc([N+]#[C-])c(-c3ccc(C)c(F)c3)cc21. The number of fused-ring (bicyclic) bond motifs is 3. The Morgan fingerprint density at radius 3 is 1.98 bits per heavy atom. The summed E-state index contributed by atoms with van der Waals surface area (Å²) in [5.41, 5.74) is 3.00. The molecule has 0 aliphatic heterocycles. The first kappa shape index (κ1) is 27.6. The second-order valence-corrected chi connectivity index (χ2v) is 9.19. The summed E-state index contributed by atoms with van der Waals surface area (Å²) in [7, 11) is 0. The van der Waals surface area contributed by atoms with E-state index in [0.717, 1.165) is 18.2 Å². The molecule has 0 fully saturated rings. The maximum atomic E-state index is 14.6. The summed E-state index contributed by atoms with van der Waals surface area (Å²) in [6, 6.07) is 17.1. The van der Waals surface area contributed by atoms with E-state index >= 15 is 0 Å². The lowest BCUT2D eigenvalue weighted by Crippen LogP contribution is -2.17. The van der Waals surface area contributed by atoms with Crippen molar-refractivity contribution in [3.8, 4) is 51.3 Å². The van der Waals surface area contributed by atoms with E-state index in [-0.39, 0.29) is 33.6 Å². The molecule has 0 heterocycles. The average Bonchev–Trinajstić information content (AvgIpc) is 3.26. The topological polar surface area (TPSA) is 65.5 Å². The maximum Gasteiger partial charge on any atom is 0.573 e. The van der Waals surface area contributed by atoms with Gasteiger partial charge in [0.1, 0.15) is 5.82 Å². The third-order valence-electron chi connectivity index (χ3n) is 6.77. The number of ether oxygens (including phenoxy) is 1. The summed E-state index contributed by atoms with van der Waals surface area (Å²) in [5, 5.41) is 19.7. The van der Waals surface area contributed by atoms with Crippen LogP contribution in [0, 0.1) is 54.4 Å². The molecule has 0 unspecified atom stereocenters. The minimum absolute atomic E-state index is 0.0280. The van der Waals surface area contributed by atoms with E-state index in [4.69, 9.17) is 13.1 Å².